The first kappa shape index (κ1) is 16.2. The predicted octanol–water partition coefficient (Wildman–Crippen LogP) is 5.22. The molecule has 18 heavy (non-hydrogen) atoms. The zero-order valence-electron chi connectivity index (χ0n) is 11.8. The molecule has 0 aromatic heterocycles. The van der Waals surface area contributed by atoms with Crippen molar-refractivity contribution in [2.45, 2.75) is 33.6 Å². The second kappa shape index (κ2) is 10.4. The minimum atomic E-state index is 0.831. The molecule has 98 valence electrons. The molecule has 0 unspecified atom stereocenters. The van der Waals surface area contributed by atoms with E-state index in [1.807, 2.05) is 39.0 Å². The monoisotopic (exact) mass is 243 g/mol. The molecule has 2 N–H and O–H groups in total. The van der Waals surface area contributed by atoms with Gasteiger partial charge in [-0.25, -0.2) is 0 Å². The van der Waals surface area contributed by atoms with Crippen molar-refractivity contribution >= 4 is 11.3 Å². The number of allylic oxidation sites excluding steroid dienone is 5. The smallest absolute Gasteiger partial charge is 0.0320 e. The van der Waals surface area contributed by atoms with Gasteiger partial charge >= 0.3 is 0 Å². The molecule has 1 aliphatic rings. The van der Waals surface area contributed by atoms with Gasteiger partial charge in [-0.1, -0.05) is 50.3 Å². The largest absolute Gasteiger partial charge is 0.399 e. The lowest BCUT2D eigenvalue weighted by Gasteiger charge is -2.07. The van der Waals surface area contributed by atoms with Crippen molar-refractivity contribution in [3.8, 4) is 0 Å². The molecular formula is C17H25N. The molecule has 1 aliphatic carbocycles. The molecule has 1 heteroatoms. The van der Waals surface area contributed by atoms with Gasteiger partial charge in [-0.15, -0.1) is 6.58 Å². The van der Waals surface area contributed by atoms with Gasteiger partial charge in [0, 0.05) is 5.69 Å². The molecule has 0 amide bonds. The Morgan fingerprint density at radius 1 is 1.22 bits per heavy atom. The Bertz CT molecular complexity index is 400. The van der Waals surface area contributed by atoms with Crippen LogP contribution in [-0.4, -0.2) is 0 Å². The van der Waals surface area contributed by atoms with E-state index < -0.39 is 0 Å². The van der Waals surface area contributed by atoms with Crippen LogP contribution in [0.2, 0.25) is 0 Å². The summed E-state index contributed by atoms with van der Waals surface area (Å²) in [6.07, 6.45) is 10.7. The van der Waals surface area contributed by atoms with Gasteiger partial charge in [0.15, 0.2) is 0 Å². The molecule has 0 atom stereocenters. The minimum absolute atomic E-state index is 0.831. The number of hydrogen-bond acceptors (Lipinski definition) is 1. The second-order valence-electron chi connectivity index (χ2n) is 3.67. The van der Waals surface area contributed by atoms with E-state index in [0.717, 1.165) is 18.5 Å². The molecule has 1 aromatic rings. The third-order valence-corrected chi connectivity index (χ3v) is 2.21. The Hall–Kier alpha value is -1.76. The molecule has 1 aromatic carbocycles. The molecule has 0 fully saturated rings. The van der Waals surface area contributed by atoms with Crippen molar-refractivity contribution in [2.24, 2.45) is 0 Å². The van der Waals surface area contributed by atoms with Gasteiger partial charge in [-0.3, -0.25) is 0 Å². The van der Waals surface area contributed by atoms with Crippen molar-refractivity contribution in [2.75, 3.05) is 5.73 Å². The van der Waals surface area contributed by atoms with Crippen molar-refractivity contribution in [1.82, 2.24) is 0 Å². The summed E-state index contributed by atoms with van der Waals surface area (Å²) in [5.41, 5.74) is 9.05. The summed E-state index contributed by atoms with van der Waals surface area (Å²) in [6, 6.07) is 8.02. The van der Waals surface area contributed by atoms with E-state index in [1.165, 1.54) is 11.1 Å². The summed E-state index contributed by atoms with van der Waals surface area (Å²) in [4.78, 5) is 0. The number of hydrogen-bond donors (Lipinski definition) is 1. The maximum atomic E-state index is 5.71. The quantitative estimate of drug-likeness (QED) is 0.531. The molecule has 0 radical (unpaired) electrons. The van der Waals surface area contributed by atoms with Gasteiger partial charge in [0.2, 0.25) is 0 Å². The van der Waals surface area contributed by atoms with E-state index in [1.54, 1.807) is 6.08 Å². The van der Waals surface area contributed by atoms with Crippen LogP contribution in [0, 0.1) is 0 Å². The van der Waals surface area contributed by atoms with Crippen LogP contribution in [0.25, 0.3) is 5.57 Å². The Kier molecular flexibility index (Phi) is 9.38. The van der Waals surface area contributed by atoms with E-state index in [9.17, 15) is 0 Å². The fourth-order valence-electron chi connectivity index (χ4n) is 1.55. The van der Waals surface area contributed by atoms with Crippen molar-refractivity contribution < 1.29 is 0 Å². The maximum Gasteiger partial charge on any atom is 0.0320 e. The van der Waals surface area contributed by atoms with E-state index >= 15 is 0 Å². The third-order valence-electron chi connectivity index (χ3n) is 2.21. The average Bonchev–Trinajstić information content (AvgIpc) is 2.43. The first-order chi connectivity index (χ1) is 8.77. The molecule has 0 saturated carbocycles. The molecular weight excluding hydrogens is 218 g/mol. The van der Waals surface area contributed by atoms with Crippen LogP contribution < -0.4 is 5.73 Å². The van der Waals surface area contributed by atoms with Gasteiger partial charge in [-0.05, 0) is 43.0 Å². The summed E-state index contributed by atoms with van der Waals surface area (Å²) in [6.45, 7) is 9.25. The first-order valence-corrected chi connectivity index (χ1v) is 6.57. The molecule has 0 spiro atoms. The van der Waals surface area contributed by atoms with Gasteiger partial charge in [0.05, 0.1) is 0 Å². The SMILES string of the molecule is C=CC.CC.Nc1cccc(C2=CCCC=C2)c1. The highest BCUT2D eigenvalue weighted by Crippen LogP contribution is 2.22. The molecule has 2 rings (SSSR count). The molecule has 0 bridgehead atoms. The van der Waals surface area contributed by atoms with Crippen LogP contribution in [0.1, 0.15) is 39.2 Å². The molecule has 0 aliphatic heterocycles. The highest BCUT2D eigenvalue weighted by Gasteiger charge is 2.00. The fourth-order valence-corrected chi connectivity index (χ4v) is 1.55. The summed E-state index contributed by atoms with van der Waals surface area (Å²) in [7, 11) is 0. The van der Waals surface area contributed by atoms with Crippen LogP contribution >= 0.6 is 0 Å². The highest BCUT2D eigenvalue weighted by atomic mass is 14.5. The lowest BCUT2D eigenvalue weighted by Crippen LogP contribution is -1.89. The summed E-state index contributed by atoms with van der Waals surface area (Å²) >= 11 is 0. The Labute approximate surface area is 112 Å². The molecule has 1 nitrogen and oxygen atoms in total. The van der Waals surface area contributed by atoms with E-state index in [-0.39, 0.29) is 0 Å². The third kappa shape index (κ3) is 6.09. The number of anilines is 1. The maximum absolute atomic E-state index is 5.71. The molecule has 0 saturated heterocycles. The van der Waals surface area contributed by atoms with E-state index in [0.29, 0.717) is 0 Å². The van der Waals surface area contributed by atoms with Crippen LogP contribution in [-0.2, 0) is 0 Å². The number of nitrogens with two attached hydrogens (primary N) is 1. The van der Waals surface area contributed by atoms with Crippen LogP contribution in [0.4, 0.5) is 5.69 Å². The number of benzene rings is 1. The van der Waals surface area contributed by atoms with Crippen molar-refractivity contribution in [1.29, 1.82) is 0 Å². The standard InChI is InChI=1S/C12H13N.C3H6.C2H6/c13-12-8-4-7-11(9-12)10-5-2-1-3-6-10;1-3-2;1-2/h2,4-9H,1,3,13H2;3H,1H2,2H3;1-2H3. The number of nitrogen functional groups attached to an aromatic ring is 1. The van der Waals surface area contributed by atoms with E-state index in [2.05, 4.69) is 30.9 Å². The van der Waals surface area contributed by atoms with Crippen molar-refractivity contribution in [3.05, 3.63) is 60.7 Å². The predicted molar refractivity (Wildman–Crippen MR) is 84.4 cm³/mol. The molecule has 0 heterocycles. The second-order valence-corrected chi connectivity index (χ2v) is 3.67. The van der Waals surface area contributed by atoms with Crippen LogP contribution in [0.15, 0.2) is 55.1 Å². The lowest BCUT2D eigenvalue weighted by molar-refractivity contribution is 1.04. The van der Waals surface area contributed by atoms with Gasteiger partial charge in [-0.2, -0.15) is 0 Å². The average molecular weight is 243 g/mol. The topological polar surface area (TPSA) is 26.0 Å². The fraction of sp³-hybridized carbons (Fsp3) is 0.294. The Morgan fingerprint density at radius 2 is 1.89 bits per heavy atom. The summed E-state index contributed by atoms with van der Waals surface area (Å²) in [5.74, 6) is 0. The lowest BCUT2D eigenvalue weighted by atomic mass is 9.99. The van der Waals surface area contributed by atoms with Gasteiger partial charge in [0.25, 0.3) is 0 Å². The zero-order chi connectivity index (χ0) is 13.8. The van der Waals surface area contributed by atoms with Gasteiger partial charge < -0.3 is 5.73 Å². The summed E-state index contributed by atoms with van der Waals surface area (Å²) in [5, 5.41) is 0. The van der Waals surface area contributed by atoms with E-state index in [4.69, 9.17) is 5.73 Å². The highest BCUT2D eigenvalue weighted by molar-refractivity contribution is 5.76. The first-order valence-electron chi connectivity index (χ1n) is 6.57. The normalized spacial score (nSPS) is 12.3. The summed E-state index contributed by atoms with van der Waals surface area (Å²) < 4.78 is 0. The zero-order valence-corrected chi connectivity index (χ0v) is 11.8. The Morgan fingerprint density at radius 3 is 2.39 bits per heavy atom. The van der Waals surface area contributed by atoms with Crippen molar-refractivity contribution in [3.63, 3.8) is 0 Å². The van der Waals surface area contributed by atoms with Crippen LogP contribution in [0.3, 0.4) is 0 Å². The number of rotatable bonds is 1. The van der Waals surface area contributed by atoms with Gasteiger partial charge in [0.1, 0.15) is 0 Å². The Balaban J connectivity index is 0.000000509. The van der Waals surface area contributed by atoms with Crippen LogP contribution in [0.5, 0.6) is 0 Å². The minimum Gasteiger partial charge on any atom is -0.399 e.